The number of ether oxygens (including phenoxy) is 3. The molecule has 0 bridgehead atoms. The molecule has 3 rings (SSSR count). The van der Waals surface area contributed by atoms with E-state index in [1.54, 1.807) is 60.7 Å². The number of para-hydroxylation sites is 1. The molecule has 0 aliphatic heterocycles. The second-order valence-corrected chi connectivity index (χ2v) is 8.04. The van der Waals surface area contributed by atoms with Crippen molar-refractivity contribution >= 4 is 51.2 Å². The maximum Gasteiger partial charge on any atom is 0.271 e. The second-order valence-electron chi connectivity index (χ2n) is 6.78. The van der Waals surface area contributed by atoms with Gasteiger partial charge in [0.05, 0.1) is 35.6 Å². The highest BCUT2D eigenvalue weighted by Crippen LogP contribution is 2.36. The van der Waals surface area contributed by atoms with Gasteiger partial charge in [-0.3, -0.25) is 9.59 Å². The quantitative estimate of drug-likeness (QED) is 0.294. The third kappa shape index (κ3) is 6.72. The predicted molar refractivity (Wildman–Crippen MR) is 134 cm³/mol. The molecule has 0 unspecified atom stereocenters. The fraction of sp³-hybridized carbons (Fsp3) is 0.125. The summed E-state index contributed by atoms with van der Waals surface area (Å²) in [6.45, 7) is -0.260. The number of amides is 2. The van der Waals surface area contributed by atoms with Gasteiger partial charge < -0.3 is 19.5 Å². The van der Waals surface area contributed by atoms with E-state index < -0.39 is 0 Å². The number of nitrogens with zero attached hydrogens (tertiary/aromatic N) is 1. The van der Waals surface area contributed by atoms with Crippen molar-refractivity contribution in [2.75, 3.05) is 26.1 Å². The number of hydrazone groups is 1. The average Bonchev–Trinajstić information content (AvgIpc) is 2.84. The van der Waals surface area contributed by atoms with Crippen molar-refractivity contribution in [3.05, 3.63) is 81.3 Å². The summed E-state index contributed by atoms with van der Waals surface area (Å²) in [7, 11) is 3.00. The van der Waals surface area contributed by atoms with Crippen LogP contribution in [-0.2, 0) is 4.79 Å². The van der Waals surface area contributed by atoms with E-state index in [0.29, 0.717) is 43.6 Å². The van der Waals surface area contributed by atoms with E-state index in [1.807, 2.05) is 0 Å². The lowest BCUT2D eigenvalue weighted by molar-refractivity contribution is -0.118. The van der Waals surface area contributed by atoms with Crippen LogP contribution in [0.2, 0.25) is 5.02 Å². The van der Waals surface area contributed by atoms with Gasteiger partial charge in [-0.1, -0.05) is 29.8 Å². The summed E-state index contributed by atoms with van der Waals surface area (Å²) in [5.41, 5.74) is 3.99. The van der Waals surface area contributed by atoms with Crippen LogP contribution in [-0.4, -0.2) is 38.9 Å². The van der Waals surface area contributed by atoms with Gasteiger partial charge in [-0.25, -0.2) is 5.43 Å². The summed E-state index contributed by atoms with van der Waals surface area (Å²) >= 11 is 9.48. The van der Waals surface area contributed by atoms with E-state index in [-0.39, 0.29) is 18.4 Å². The van der Waals surface area contributed by atoms with Crippen LogP contribution in [0.15, 0.2) is 70.2 Å². The minimum atomic E-state index is -0.384. The number of anilines is 1. The third-order valence-electron chi connectivity index (χ3n) is 4.46. The first-order valence-corrected chi connectivity index (χ1v) is 11.1. The summed E-state index contributed by atoms with van der Waals surface area (Å²) < 4.78 is 16.7. The molecule has 0 spiro atoms. The normalized spacial score (nSPS) is 10.6. The standard InChI is InChI=1S/C24H21BrClN3O5/c1-32-17-7-5-6-16(12-17)24(31)29-27-13-15-10-18(25)23(21(11-15)33-2)34-14-22(30)28-20-9-4-3-8-19(20)26/h3-13H,14H2,1-2H3,(H,28,30)(H,29,31)/b27-13+. The molecule has 0 fully saturated rings. The highest BCUT2D eigenvalue weighted by molar-refractivity contribution is 9.10. The van der Waals surface area contributed by atoms with Gasteiger partial charge in [0.15, 0.2) is 18.1 Å². The van der Waals surface area contributed by atoms with Crippen molar-refractivity contribution < 1.29 is 23.8 Å². The Hall–Kier alpha value is -3.56. The molecule has 34 heavy (non-hydrogen) atoms. The highest BCUT2D eigenvalue weighted by Gasteiger charge is 2.14. The minimum Gasteiger partial charge on any atom is -0.497 e. The van der Waals surface area contributed by atoms with E-state index in [1.165, 1.54) is 20.4 Å². The summed E-state index contributed by atoms with van der Waals surface area (Å²) in [6.07, 6.45) is 1.46. The predicted octanol–water partition coefficient (Wildman–Crippen LogP) is 4.90. The topological polar surface area (TPSA) is 98.3 Å². The molecule has 10 heteroatoms. The van der Waals surface area contributed by atoms with Crippen LogP contribution in [0.4, 0.5) is 5.69 Å². The monoisotopic (exact) mass is 545 g/mol. The van der Waals surface area contributed by atoms with Crippen LogP contribution in [0.5, 0.6) is 17.2 Å². The Morgan fingerprint density at radius 2 is 1.85 bits per heavy atom. The number of methoxy groups -OCH3 is 2. The van der Waals surface area contributed by atoms with E-state index in [2.05, 4.69) is 31.8 Å². The van der Waals surface area contributed by atoms with Crippen LogP contribution in [0, 0.1) is 0 Å². The molecule has 0 heterocycles. The molecule has 0 saturated carbocycles. The van der Waals surface area contributed by atoms with Crippen LogP contribution >= 0.6 is 27.5 Å². The van der Waals surface area contributed by atoms with Gasteiger partial charge in [-0.15, -0.1) is 0 Å². The zero-order valence-electron chi connectivity index (χ0n) is 18.3. The lowest BCUT2D eigenvalue weighted by Gasteiger charge is -2.14. The number of halogens is 2. The second kappa shape index (κ2) is 12.1. The fourth-order valence-electron chi connectivity index (χ4n) is 2.84. The minimum absolute atomic E-state index is 0.260. The van der Waals surface area contributed by atoms with Crippen molar-refractivity contribution in [2.24, 2.45) is 5.10 Å². The Kier molecular flexibility index (Phi) is 8.89. The smallest absolute Gasteiger partial charge is 0.271 e. The molecule has 0 aliphatic rings. The first-order valence-electron chi connectivity index (χ1n) is 9.93. The zero-order valence-corrected chi connectivity index (χ0v) is 20.6. The molecule has 3 aromatic carbocycles. The third-order valence-corrected chi connectivity index (χ3v) is 5.38. The Labute approximate surface area is 210 Å². The lowest BCUT2D eigenvalue weighted by atomic mass is 10.2. The molecule has 8 nitrogen and oxygen atoms in total. The van der Waals surface area contributed by atoms with E-state index in [0.717, 1.165) is 0 Å². The zero-order chi connectivity index (χ0) is 24.5. The van der Waals surface area contributed by atoms with Gasteiger partial charge in [0, 0.05) is 5.56 Å². The van der Waals surface area contributed by atoms with E-state index in [9.17, 15) is 9.59 Å². The first-order chi connectivity index (χ1) is 16.4. The largest absolute Gasteiger partial charge is 0.497 e. The molecule has 0 radical (unpaired) electrons. The molecular weight excluding hydrogens is 526 g/mol. The Morgan fingerprint density at radius 3 is 2.59 bits per heavy atom. The average molecular weight is 547 g/mol. The summed E-state index contributed by atoms with van der Waals surface area (Å²) in [5.74, 6) is 0.523. The Bertz CT molecular complexity index is 1220. The molecule has 0 aliphatic carbocycles. The van der Waals surface area contributed by atoms with Gasteiger partial charge in [-0.05, 0) is 64.0 Å². The van der Waals surface area contributed by atoms with Gasteiger partial charge >= 0.3 is 0 Å². The van der Waals surface area contributed by atoms with E-state index in [4.69, 9.17) is 25.8 Å². The maximum atomic E-state index is 12.3. The fourth-order valence-corrected chi connectivity index (χ4v) is 3.59. The van der Waals surface area contributed by atoms with Gasteiger partial charge in [0.1, 0.15) is 5.75 Å². The van der Waals surface area contributed by atoms with Crippen molar-refractivity contribution in [3.8, 4) is 17.2 Å². The van der Waals surface area contributed by atoms with Gasteiger partial charge in [0.25, 0.3) is 11.8 Å². The lowest BCUT2D eigenvalue weighted by Crippen LogP contribution is -2.20. The Balaban J connectivity index is 1.64. The summed E-state index contributed by atoms with van der Waals surface area (Å²) in [6, 6.07) is 17.0. The number of hydrogen-bond acceptors (Lipinski definition) is 6. The van der Waals surface area contributed by atoms with Crippen LogP contribution in [0.1, 0.15) is 15.9 Å². The van der Waals surface area contributed by atoms with Crippen molar-refractivity contribution in [1.82, 2.24) is 5.43 Å². The number of nitrogens with one attached hydrogen (secondary N) is 2. The van der Waals surface area contributed by atoms with Gasteiger partial charge in [0.2, 0.25) is 0 Å². The maximum absolute atomic E-state index is 12.3. The molecule has 2 N–H and O–H groups in total. The van der Waals surface area contributed by atoms with Crippen LogP contribution in [0.25, 0.3) is 0 Å². The molecule has 0 aromatic heterocycles. The number of benzene rings is 3. The highest BCUT2D eigenvalue weighted by atomic mass is 79.9. The Morgan fingerprint density at radius 1 is 1.06 bits per heavy atom. The van der Waals surface area contributed by atoms with Gasteiger partial charge in [-0.2, -0.15) is 5.10 Å². The molecular formula is C24H21BrClN3O5. The number of hydrogen-bond donors (Lipinski definition) is 2. The van der Waals surface area contributed by atoms with Crippen molar-refractivity contribution in [3.63, 3.8) is 0 Å². The summed E-state index contributed by atoms with van der Waals surface area (Å²) in [5, 5.41) is 7.10. The molecule has 0 saturated heterocycles. The number of carbonyl (C=O) groups excluding carboxylic acids is 2. The molecule has 0 atom stereocenters. The summed E-state index contributed by atoms with van der Waals surface area (Å²) in [4.78, 5) is 24.5. The van der Waals surface area contributed by atoms with Crippen LogP contribution in [0.3, 0.4) is 0 Å². The molecule has 3 aromatic rings. The first kappa shape index (κ1) is 25.1. The number of carbonyl (C=O) groups is 2. The van der Waals surface area contributed by atoms with Crippen molar-refractivity contribution in [2.45, 2.75) is 0 Å². The van der Waals surface area contributed by atoms with E-state index >= 15 is 0 Å². The van der Waals surface area contributed by atoms with Crippen molar-refractivity contribution in [1.29, 1.82) is 0 Å². The molecule has 2 amide bonds. The number of rotatable bonds is 9. The van der Waals surface area contributed by atoms with Crippen LogP contribution < -0.4 is 25.0 Å². The molecule has 176 valence electrons. The SMILES string of the molecule is COc1cccc(C(=O)N/N=C/c2cc(Br)c(OCC(=O)Nc3ccccc3Cl)c(OC)c2)c1.